The first-order chi connectivity index (χ1) is 8.63. The van der Waals surface area contributed by atoms with Gasteiger partial charge < -0.3 is 15.2 Å². The van der Waals surface area contributed by atoms with Gasteiger partial charge in [0.05, 0.1) is 0 Å². The fraction of sp³-hybridized carbons (Fsp3) is 0.917. The highest BCUT2D eigenvalue weighted by Gasteiger charge is 2.36. The molecule has 0 amide bonds. The van der Waals surface area contributed by atoms with E-state index in [0.717, 1.165) is 6.92 Å². The highest BCUT2D eigenvalue weighted by molar-refractivity contribution is 5.78. The molecule has 7 heteroatoms. The summed E-state index contributed by atoms with van der Waals surface area (Å²) >= 11 is 0. The Morgan fingerprint density at radius 3 is 2.37 bits per heavy atom. The van der Waals surface area contributed by atoms with Crippen molar-refractivity contribution in [2.24, 2.45) is 0 Å². The van der Waals surface area contributed by atoms with Crippen LogP contribution in [0.4, 0.5) is 13.2 Å². The van der Waals surface area contributed by atoms with Crippen molar-refractivity contribution in [3.63, 3.8) is 0 Å². The van der Waals surface area contributed by atoms with Crippen molar-refractivity contribution in [2.45, 2.75) is 57.9 Å². The molecule has 0 radical (unpaired) electrons. The van der Waals surface area contributed by atoms with Gasteiger partial charge in [-0.1, -0.05) is 6.92 Å². The zero-order chi connectivity index (χ0) is 15.1. The lowest BCUT2D eigenvalue weighted by Crippen LogP contribution is -2.49. The molecule has 0 fully saturated rings. The third-order valence-corrected chi connectivity index (χ3v) is 2.94. The third-order valence-electron chi connectivity index (χ3n) is 2.94. The van der Waals surface area contributed by atoms with E-state index in [1.165, 1.54) is 0 Å². The van der Waals surface area contributed by atoms with Crippen LogP contribution in [0.25, 0.3) is 0 Å². The van der Waals surface area contributed by atoms with Gasteiger partial charge in [0.1, 0.15) is 5.54 Å². The average molecular weight is 285 g/mol. The van der Waals surface area contributed by atoms with Gasteiger partial charge in [0.25, 0.3) is 0 Å². The lowest BCUT2D eigenvalue weighted by molar-refractivity contribution is -0.214. The Hall–Kier alpha value is -0.820. The van der Waals surface area contributed by atoms with E-state index in [9.17, 15) is 18.0 Å². The molecule has 0 rings (SSSR count). The van der Waals surface area contributed by atoms with Crippen LogP contribution in [-0.4, -0.2) is 42.0 Å². The molecule has 2 N–H and O–H groups in total. The minimum Gasteiger partial charge on any atom is -0.480 e. The van der Waals surface area contributed by atoms with Gasteiger partial charge in [-0.3, -0.25) is 4.79 Å². The van der Waals surface area contributed by atoms with E-state index in [1.807, 2.05) is 0 Å². The van der Waals surface area contributed by atoms with Gasteiger partial charge in [-0.05, 0) is 39.7 Å². The Labute approximate surface area is 111 Å². The maximum Gasteiger partial charge on any atom is 0.414 e. The first-order valence-electron chi connectivity index (χ1n) is 6.30. The summed E-state index contributed by atoms with van der Waals surface area (Å²) < 4.78 is 41.1. The van der Waals surface area contributed by atoms with E-state index in [2.05, 4.69) is 10.1 Å². The summed E-state index contributed by atoms with van der Waals surface area (Å²) in [4.78, 5) is 11.1. The zero-order valence-corrected chi connectivity index (χ0v) is 11.5. The number of carboxylic acid groups (broad SMARTS) is 1. The van der Waals surface area contributed by atoms with Crippen LogP contribution in [0.15, 0.2) is 0 Å². The normalized spacial score (nSPS) is 16.9. The molecule has 0 aromatic rings. The number of hydrogen-bond donors (Lipinski definition) is 2. The van der Waals surface area contributed by atoms with Gasteiger partial charge in [0.2, 0.25) is 0 Å². The number of carboxylic acids is 1. The molecule has 0 saturated heterocycles. The predicted molar refractivity (Wildman–Crippen MR) is 65.0 cm³/mol. The highest BCUT2D eigenvalue weighted by atomic mass is 19.4. The largest absolute Gasteiger partial charge is 0.480 e. The minimum absolute atomic E-state index is 0.0253. The molecule has 0 aliphatic heterocycles. The number of halogens is 3. The monoisotopic (exact) mass is 285 g/mol. The van der Waals surface area contributed by atoms with Crippen LogP contribution in [0.1, 0.15) is 40.0 Å². The first kappa shape index (κ1) is 18.2. The molecule has 0 spiro atoms. The molecule has 2 atom stereocenters. The van der Waals surface area contributed by atoms with Gasteiger partial charge in [-0.15, -0.1) is 0 Å². The second kappa shape index (κ2) is 7.69. The number of ether oxygens (including phenoxy) is 1. The third kappa shape index (κ3) is 6.77. The van der Waals surface area contributed by atoms with Gasteiger partial charge >= 0.3 is 12.1 Å². The topological polar surface area (TPSA) is 58.6 Å². The molecule has 0 saturated carbocycles. The smallest absolute Gasteiger partial charge is 0.414 e. The Balaban J connectivity index is 3.94. The van der Waals surface area contributed by atoms with Crippen LogP contribution in [0.3, 0.4) is 0 Å². The standard InChI is InChI=1S/C12H22F3NO3/c1-4-16-11(3,10(17)18)7-5-6-8-19-9(2)12(13,14)15/h9,16H,4-8H2,1-3H3,(H,17,18). The molecule has 19 heavy (non-hydrogen) atoms. The van der Waals surface area contributed by atoms with Crippen LogP contribution >= 0.6 is 0 Å². The van der Waals surface area contributed by atoms with E-state index < -0.39 is 23.8 Å². The predicted octanol–water partition coefficient (Wildman–Crippen LogP) is 2.58. The summed E-state index contributed by atoms with van der Waals surface area (Å²) in [6.07, 6.45) is -4.90. The van der Waals surface area contributed by atoms with E-state index in [1.54, 1.807) is 13.8 Å². The number of alkyl halides is 3. The van der Waals surface area contributed by atoms with Gasteiger partial charge in [-0.2, -0.15) is 13.2 Å². The van der Waals surface area contributed by atoms with E-state index in [0.29, 0.717) is 25.8 Å². The average Bonchev–Trinajstić information content (AvgIpc) is 2.27. The second-order valence-electron chi connectivity index (χ2n) is 4.68. The van der Waals surface area contributed by atoms with Crippen LogP contribution in [0, 0.1) is 0 Å². The number of rotatable bonds is 9. The van der Waals surface area contributed by atoms with Gasteiger partial charge in [0.15, 0.2) is 6.10 Å². The van der Waals surface area contributed by atoms with Crippen molar-refractivity contribution in [1.29, 1.82) is 0 Å². The summed E-state index contributed by atoms with van der Waals surface area (Å²) in [5, 5.41) is 11.9. The number of nitrogens with one attached hydrogen (secondary N) is 1. The SMILES string of the molecule is CCNC(C)(CCCCOC(C)C(F)(F)F)C(=O)O. The van der Waals surface area contributed by atoms with Crippen molar-refractivity contribution in [3.8, 4) is 0 Å². The number of hydrogen-bond acceptors (Lipinski definition) is 3. The summed E-state index contributed by atoms with van der Waals surface area (Å²) in [6.45, 7) is 4.82. The molecule has 4 nitrogen and oxygen atoms in total. The molecule has 2 unspecified atom stereocenters. The Morgan fingerprint density at radius 2 is 1.95 bits per heavy atom. The highest BCUT2D eigenvalue weighted by Crippen LogP contribution is 2.22. The lowest BCUT2D eigenvalue weighted by atomic mass is 9.95. The van der Waals surface area contributed by atoms with Crippen LogP contribution < -0.4 is 5.32 Å². The number of carbonyl (C=O) groups is 1. The molecular weight excluding hydrogens is 263 g/mol. The maximum absolute atomic E-state index is 12.1. The number of likely N-dealkylation sites (N-methyl/N-ethyl adjacent to an activating group) is 1. The first-order valence-corrected chi connectivity index (χ1v) is 6.30. The van der Waals surface area contributed by atoms with Gasteiger partial charge in [0, 0.05) is 6.61 Å². The molecule has 0 aromatic carbocycles. The van der Waals surface area contributed by atoms with Crippen molar-refractivity contribution in [1.82, 2.24) is 5.32 Å². The van der Waals surface area contributed by atoms with Crippen molar-refractivity contribution in [3.05, 3.63) is 0 Å². The van der Waals surface area contributed by atoms with Crippen molar-refractivity contribution < 1.29 is 27.8 Å². The van der Waals surface area contributed by atoms with Crippen LogP contribution in [0.2, 0.25) is 0 Å². The summed E-state index contributed by atoms with van der Waals surface area (Å²) in [5.74, 6) is -0.959. The summed E-state index contributed by atoms with van der Waals surface area (Å²) in [7, 11) is 0. The molecule has 0 aliphatic carbocycles. The molecule has 0 heterocycles. The summed E-state index contributed by atoms with van der Waals surface area (Å²) in [5.41, 5.74) is -1.04. The van der Waals surface area contributed by atoms with Crippen LogP contribution in [0.5, 0.6) is 0 Å². The quantitative estimate of drug-likeness (QED) is 0.639. The Kier molecular flexibility index (Phi) is 7.36. The van der Waals surface area contributed by atoms with E-state index in [4.69, 9.17) is 5.11 Å². The van der Waals surface area contributed by atoms with Gasteiger partial charge in [-0.25, -0.2) is 0 Å². The van der Waals surface area contributed by atoms with E-state index in [-0.39, 0.29) is 6.61 Å². The maximum atomic E-state index is 12.1. The Bertz CT molecular complexity index is 284. The second-order valence-corrected chi connectivity index (χ2v) is 4.68. The number of unbranched alkanes of at least 4 members (excludes halogenated alkanes) is 1. The molecule has 0 aromatic heterocycles. The molecule has 0 bridgehead atoms. The Morgan fingerprint density at radius 1 is 1.37 bits per heavy atom. The van der Waals surface area contributed by atoms with Crippen LogP contribution in [-0.2, 0) is 9.53 Å². The molecule has 114 valence electrons. The zero-order valence-electron chi connectivity index (χ0n) is 11.5. The fourth-order valence-corrected chi connectivity index (χ4v) is 1.60. The fourth-order valence-electron chi connectivity index (χ4n) is 1.60. The summed E-state index contributed by atoms with van der Waals surface area (Å²) in [6, 6.07) is 0. The minimum atomic E-state index is -4.35. The molecule has 0 aliphatic rings. The molecular formula is C12H22F3NO3. The van der Waals surface area contributed by atoms with Crippen molar-refractivity contribution in [2.75, 3.05) is 13.2 Å². The lowest BCUT2D eigenvalue weighted by Gasteiger charge is -2.25. The van der Waals surface area contributed by atoms with Crippen molar-refractivity contribution >= 4 is 5.97 Å². The van der Waals surface area contributed by atoms with E-state index >= 15 is 0 Å². The number of aliphatic carboxylic acids is 1.